The summed E-state index contributed by atoms with van der Waals surface area (Å²) >= 11 is 3.21. The van der Waals surface area contributed by atoms with Gasteiger partial charge in [-0.2, -0.15) is 5.26 Å². The van der Waals surface area contributed by atoms with Crippen LogP contribution in [-0.2, 0) is 15.4 Å². The Morgan fingerprint density at radius 1 is 1.50 bits per heavy atom. The minimum absolute atomic E-state index is 0.0736. The number of rotatable bonds is 2. The third kappa shape index (κ3) is 2.32. The van der Waals surface area contributed by atoms with Crippen molar-refractivity contribution in [2.45, 2.75) is 10.2 Å². The average molecular weight is 275 g/mol. The van der Waals surface area contributed by atoms with Crippen molar-refractivity contribution in [3.63, 3.8) is 0 Å². The summed E-state index contributed by atoms with van der Waals surface area (Å²) < 4.78 is 22.1. The molecule has 1 aromatic carbocycles. The maximum atomic E-state index is 11.0. The second-order valence-electron chi connectivity index (χ2n) is 2.62. The second-order valence-corrected chi connectivity index (χ2v) is 4.71. The van der Waals surface area contributed by atoms with Crippen LogP contribution in [0.1, 0.15) is 11.1 Å². The number of nitrogens with two attached hydrogens (primary N) is 1. The van der Waals surface area contributed by atoms with Gasteiger partial charge in [0, 0.05) is 5.33 Å². The van der Waals surface area contributed by atoms with Crippen molar-refractivity contribution in [3.8, 4) is 6.07 Å². The first-order valence-electron chi connectivity index (χ1n) is 3.61. The van der Waals surface area contributed by atoms with Gasteiger partial charge in [0.1, 0.15) is 6.07 Å². The van der Waals surface area contributed by atoms with Gasteiger partial charge < -0.3 is 0 Å². The zero-order valence-corrected chi connectivity index (χ0v) is 9.47. The number of benzene rings is 1. The number of primary sulfonamides is 1. The lowest BCUT2D eigenvalue weighted by atomic mass is 10.2. The van der Waals surface area contributed by atoms with Crippen LogP contribution in [0.5, 0.6) is 0 Å². The molecule has 0 atom stereocenters. The molecule has 0 aliphatic heterocycles. The molecule has 0 heterocycles. The SMILES string of the molecule is N#Cc1cc(CBr)ccc1S(N)(=O)=O. The predicted molar refractivity (Wildman–Crippen MR) is 55.2 cm³/mol. The van der Waals surface area contributed by atoms with Crippen molar-refractivity contribution in [2.24, 2.45) is 5.14 Å². The summed E-state index contributed by atoms with van der Waals surface area (Å²) in [6.45, 7) is 0. The first-order valence-corrected chi connectivity index (χ1v) is 6.27. The number of sulfonamides is 1. The van der Waals surface area contributed by atoms with Crippen LogP contribution in [0, 0.1) is 11.3 Å². The molecule has 14 heavy (non-hydrogen) atoms. The highest BCUT2D eigenvalue weighted by molar-refractivity contribution is 9.08. The van der Waals surface area contributed by atoms with Crippen LogP contribution < -0.4 is 5.14 Å². The van der Waals surface area contributed by atoms with Gasteiger partial charge in [-0.3, -0.25) is 0 Å². The first-order chi connectivity index (χ1) is 6.49. The summed E-state index contributed by atoms with van der Waals surface area (Å²) in [6.07, 6.45) is 0. The number of hydrogen-bond donors (Lipinski definition) is 1. The van der Waals surface area contributed by atoms with Gasteiger partial charge in [-0.1, -0.05) is 22.0 Å². The quantitative estimate of drug-likeness (QED) is 0.820. The van der Waals surface area contributed by atoms with E-state index >= 15 is 0 Å². The summed E-state index contributed by atoms with van der Waals surface area (Å²) in [6, 6.07) is 6.24. The lowest BCUT2D eigenvalue weighted by molar-refractivity contribution is 0.597. The van der Waals surface area contributed by atoms with Crippen molar-refractivity contribution >= 4 is 26.0 Å². The highest BCUT2D eigenvalue weighted by Gasteiger charge is 2.13. The van der Waals surface area contributed by atoms with E-state index in [1.165, 1.54) is 12.1 Å². The summed E-state index contributed by atoms with van der Waals surface area (Å²) in [4.78, 5) is -0.135. The van der Waals surface area contributed by atoms with Gasteiger partial charge in [0.2, 0.25) is 10.0 Å². The number of nitriles is 1. The molecule has 0 aromatic heterocycles. The van der Waals surface area contributed by atoms with Gasteiger partial charge in [0.05, 0.1) is 10.5 Å². The van der Waals surface area contributed by atoms with Crippen LogP contribution in [-0.4, -0.2) is 8.42 Å². The molecular formula is C8H7BrN2O2S. The zero-order chi connectivity index (χ0) is 10.8. The van der Waals surface area contributed by atoms with E-state index in [9.17, 15) is 8.42 Å². The number of nitrogens with zero attached hydrogens (tertiary/aromatic N) is 1. The van der Waals surface area contributed by atoms with E-state index in [4.69, 9.17) is 10.4 Å². The summed E-state index contributed by atoms with van der Waals surface area (Å²) in [5.74, 6) is 0. The molecule has 74 valence electrons. The van der Waals surface area contributed by atoms with Crippen molar-refractivity contribution in [2.75, 3.05) is 0 Å². The Balaban J connectivity index is 3.43. The minimum Gasteiger partial charge on any atom is -0.225 e. The van der Waals surface area contributed by atoms with Gasteiger partial charge >= 0.3 is 0 Å². The largest absolute Gasteiger partial charge is 0.239 e. The van der Waals surface area contributed by atoms with Crippen LogP contribution in [0.2, 0.25) is 0 Å². The fourth-order valence-electron chi connectivity index (χ4n) is 0.996. The lowest BCUT2D eigenvalue weighted by Gasteiger charge is -2.02. The fourth-order valence-corrected chi connectivity index (χ4v) is 2.01. The van der Waals surface area contributed by atoms with Crippen LogP contribution in [0.4, 0.5) is 0 Å². The van der Waals surface area contributed by atoms with Gasteiger partial charge in [0.25, 0.3) is 0 Å². The Hall–Kier alpha value is -0.900. The van der Waals surface area contributed by atoms with Crippen LogP contribution in [0.25, 0.3) is 0 Å². The molecule has 0 unspecified atom stereocenters. The van der Waals surface area contributed by atoms with Gasteiger partial charge in [-0.15, -0.1) is 0 Å². The maximum Gasteiger partial charge on any atom is 0.239 e. The van der Waals surface area contributed by atoms with Crippen LogP contribution in [0.3, 0.4) is 0 Å². The highest BCUT2D eigenvalue weighted by Crippen LogP contribution is 2.16. The van der Waals surface area contributed by atoms with Crippen molar-refractivity contribution in [1.29, 1.82) is 5.26 Å². The molecule has 0 saturated heterocycles. The van der Waals surface area contributed by atoms with E-state index in [1.54, 1.807) is 12.1 Å². The summed E-state index contributed by atoms with van der Waals surface area (Å²) in [7, 11) is -3.81. The molecule has 4 nitrogen and oxygen atoms in total. The Morgan fingerprint density at radius 3 is 2.57 bits per heavy atom. The van der Waals surface area contributed by atoms with Gasteiger partial charge in [-0.25, -0.2) is 13.6 Å². The van der Waals surface area contributed by atoms with E-state index in [2.05, 4.69) is 15.9 Å². The smallest absolute Gasteiger partial charge is 0.225 e. The minimum atomic E-state index is -3.81. The predicted octanol–water partition coefficient (Wildman–Crippen LogP) is 1.10. The molecule has 1 aromatic rings. The Kier molecular flexibility index (Phi) is 3.26. The van der Waals surface area contributed by atoms with E-state index < -0.39 is 10.0 Å². The molecule has 2 N–H and O–H groups in total. The lowest BCUT2D eigenvalue weighted by Crippen LogP contribution is -2.13. The van der Waals surface area contributed by atoms with Gasteiger partial charge in [-0.05, 0) is 17.7 Å². The van der Waals surface area contributed by atoms with E-state index in [1.807, 2.05) is 0 Å². The summed E-state index contributed by atoms with van der Waals surface area (Å²) in [5, 5.41) is 14.2. The Bertz CT molecular complexity index is 491. The number of halogens is 1. The molecule has 0 fully saturated rings. The maximum absolute atomic E-state index is 11.0. The van der Waals surface area contributed by atoms with Crippen molar-refractivity contribution < 1.29 is 8.42 Å². The molecule has 1 rings (SSSR count). The number of hydrogen-bond acceptors (Lipinski definition) is 3. The zero-order valence-electron chi connectivity index (χ0n) is 7.07. The first kappa shape index (κ1) is 11.2. The van der Waals surface area contributed by atoms with E-state index in [-0.39, 0.29) is 10.5 Å². The number of alkyl halides is 1. The van der Waals surface area contributed by atoms with Crippen LogP contribution >= 0.6 is 15.9 Å². The molecule has 0 radical (unpaired) electrons. The third-order valence-corrected chi connectivity index (χ3v) is 3.24. The fraction of sp³-hybridized carbons (Fsp3) is 0.125. The van der Waals surface area contributed by atoms with E-state index in [0.717, 1.165) is 5.56 Å². The molecule has 0 aliphatic rings. The molecule has 6 heteroatoms. The molecular weight excluding hydrogens is 268 g/mol. The van der Waals surface area contributed by atoms with Crippen molar-refractivity contribution in [1.82, 2.24) is 0 Å². The standard InChI is InChI=1S/C8H7BrN2O2S/c9-4-6-1-2-8(14(11,12)13)7(3-6)5-10/h1-3H,4H2,(H2,11,12,13). The monoisotopic (exact) mass is 274 g/mol. The summed E-state index contributed by atoms with van der Waals surface area (Å²) in [5.41, 5.74) is 0.901. The average Bonchev–Trinajstić information content (AvgIpc) is 2.15. The molecule has 0 bridgehead atoms. The normalized spacial score (nSPS) is 10.9. The van der Waals surface area contributed by atoms with Crippen molar-refractivity contribution in [3.05, 3.63) is 29.3 Å². The molecule has 0 aliphatic carbocycles. The third-order valence-electron chi connectivity index (χ3n) is 1.63. The molecule has 0 amide bonds. The Labute approximate surface area is 90.5 Å². The Morgan fingerprint density at radius 2 is 2.14 bits per heavy atom. The highest BCUT2D eigenvalue weighted by atomic mass is 79.9. The van der Waals surface area contributed by atoms with E-state index in [0.29, 0.717) is 5.33 Å². The van der Waals surface area contributed by atoms with Gasteiger partial charge in [0.15, 0.2) is 0 Å². The topological polar surface area (TPSA) is 83.9 Å². The van der Waals surface area contributed by atoms with Crippen LogP contribution in [0.15, 0.2) is 23.1 Å². The molecule has 0 saturated carbocycles. The second kappa shape index (κ2) is 4.09. The molecule has 0 spiro atoms.